The summed E-state index contributed by atoms with van der Waals surface area (Å²) in [4.78, 5) is 13.7. The van der Waals surface area contributed by atoms with E-state index in [1.165, 1.54) is 0 Å². The maximum atomic E-state index is 12.1. The fourth-order valence-corrected chi connectivity index (χ4v) is 2.89. The molecule has 100 valence electrons. The second kappa shape index (κ2) is 4.86. The number of fused-ring (bicyclic) bond motifs is 1. The van der Waals surface area contributed by atoms with Crippen molar-refractivity contribution < 1.29 is 4.79 Å². The fourth-order valence-electron chi connectivity index (χ4n) is 2.07. The Morgan fingerprint density at radius 1 is 1.42 bits per heavy atom. The van der Waals surface area contributed by atoms with Crippen molar-refractivity contribution in [3.8, 4) is 0 Å². The lowest BCUT2D eigenvalue weighted by molar-refractivity contribution is 0.0779. The van der Waals surface area contributed by atoms with Crippen LogP contribution in [0.25, 0.3) is 0 Å². The predicted octanol–water partition coefficient (Wildman–Crippen LogP) is 1.00. The Kier molecular flexibility index (Phi) is 3.19. The van der Waals surface area contributed by atoms with Gasteiger partial charge in [-0.2, -0.15) is 0 Å². The van der Waals surface area contributed by atoms with E-state index in [-0.39, 0.29) is 15.4 Å². The van der Waals surface area contributed by atoms with Crippen LogP contribution in [-0.4, -0.2) is 42.8 Å². The lowest BCUT2D eigenvalue weighted by atomic mass is 10.4. The topological polar surface area (TPSA) is 76.8 Å². The number of rotatable bonds is 3. The summed E-state index contributed by atoms with van der Waals surface area (Å²) in [5.74, 6) is 1.59. The van der Waals surface area contributed by atoms with Gasteiger partial charge in [-0.3, -0.25) is 4.79 Å². The summed E-state index contributed by atoms with van der Waals surface area (Å²) in [6.07, 6.45) is 2.04. The van der Waals surface area contributed by atoms with E-state index >= 15 is 0 Å². The van der Waals surface area contributed by atoms with Gasteiger partial charge in [0, 0.05) is 20.0 Å². The van der Waals surface area contributed by atoms with Crippen molar-refractivity contribution in [3.05, 3.63) is 21.1 Å². The van der Waals surface area contributed by atoms with Crippen molar-refractivity contribution in [2.75, 3.05) is 7.05 Å². The number of hydrogen-bond donors (Lipinski definition) is 0. The quantitative estimate of drug-likeness (QED) is 0.845. The first-order chi connectivity index (χ1) is 9.15. The van der Waals surface area contributed by atoms with Crippen LogP contribution in [0.4, 0.5) is 0 Å². The molecule has 0 fully saturated rings. The molecule has 2 aromatic heterocycles. The minimum absolute atomic E-state index is 0.209. The van der Waals surface area contributed by atoms with Gasteiger partial charge in [0.05, 0.1) is 6.54 Å². The van der Waals surface area contributed by atoms with E-state index in [9.17, 15) is 4.79 Å². The zero-order valence-corrected chi connectivity index (χ0v) is 11.8. The summed E-state index contributed by atoms with van der Waals surface area (Å²) in [5, 5.41) is 15.9. The van der Waals surface area contributed by atoms with Crippen molar-refractivity contribution in [1.82, 2.24) is 29.9 Å². The number of aromatic nitrogens is 5. The summed E-state index contributed by atoms with van der Waals surface area (Å²) < 4.78 is 2.33. The van der Waals surface area contributed by atoms with Crippen LogP contribution in [0, 0.1) is 0 Å². The number of carbonyl (C=O) groups excluding carboxylic acids is 1. The Bertz CT molecular complexity index is 623. The molecule has 19 heavy (non-hydrogen) atoms. The lowest BCUT2D eigenvalue weighted by Crippen LogP contribution is -2.27. The van der Waals surface area contributed by atoms with E-state index in [1.807, 2.05) is 0 Å². The molecule has 7 nitrogen and oxygen atoms in total. The first-order valence-electron chi connectivity index (χ1n) is 5.80. The molecule has 1 amide bonds. The summed E-state index contributed by atoms with van der Waals surface area (Å²) >= 11 is 6.75. The zero-order chi connectivity index (χ0) is 13.4. The molecule has 0 aliphatic carbocycles. The molecule has 0 unspecified atom stereocenters. The normalized spacial score (nSPS) is 13.6. The molecule has 0 N–H and O–H groups in total. The molecule has 0 atom stereocenters. The molecular weight excluding hydrogens is 288 g/mol. The van der Waals surface area contributed by atoms with Gasteiger partial charge in [0.25, 0.3) is 5.91 Å². The van der Waals surface area contributed by atoms with Gasteiger partial charge in [0.2, 0.25) is 9.47 Å². The summed E-state index contributed by atoms with van der Waals surface area (Å²) in [7, 11) is 1.70. The average Bonchev–Trinajstić information content (AvgIpc) is 3.06. The third-order valence-electron chi connectivity index (χ3n) is 2.99. The highest BCUT2D eigenvalue weighted by atomic mass is 35.5. The van der Waals surface area contributed by atoms with Crippen LogP contribution in [-0.2, 0) is 19.5 Å². The second-order valence-corrected chi connectivity index (χ2v) is 5.87. The summed E-state index contributed by atoms with van der Waals surface area (Å²) in [6, 6.07) is 0. The van der Waals surface area contributed by atoms with Crippen molar-refractivity contribution in [2.45, 2.75) is 25.9 Å². The van der Waals surface area contributed by atoms with Gasteiger partial charge in [-0.25, -0.2) is 0 Å². The van der Waals surface area contributed by atoms with Crippen molar-refractivity contribution in [3.63, 3.8) is 0 Å². The standard InChI is InChI=1S/C10H11ClN6OS/c1-16(9(18)8-14-15-10(11)19-8)5-7-13-12-6-3-2-4-17(6)7/h2-5H2,1H3. The van der Waals surface area contributed by atoms with Gasteiger partial charge >= 0.3 is 0 Å². The molecule has 1 aliphatic rings. The molecule has 0 radical (unpaired) electrons. The van der Waals surface area contributed by atoms with Gasteiger partial charge in [-0.05, 0) is 18.0 Å². The molecular formula is C10H11ClN6OS. The average molecular weight is 299 g/mol. The Morgan fingerprint density at radius 3 is 3.00 bits per heavy atom. The molecule has 2 aromatic rings. The first kappa shape index (κ1) is 12.5. The predicted molar refractivity (Wildman–Crippen MR) is 69.1 cm³/mol. The minimum atomic E-state index is -0.209. The van der Waals surface area contributed by atoms with E-state index in [0.717, 1.165) is 42.4 Å². The highest BCUT2D eigenvalue weighted by Crippen LogP contribution is 2.18. The third-order valence-corrected chi connectivity index (χ3v) is 4.00. The minimum Gasteiger partial charge on any atom is -0.332 e. The van der Waals surface area contributed by atoms with Crippen LogP contribution >= 0.6 is 22.9 Å². The van der Waals surface area contributed by atoms with Crippen molar-refractivity contribution >= 4 is 28.8 Å². The van der Waals surface area contributed by atoms with Gasteiger partial charge in [0.1, 0.15) is 5.82 Å². The number of nitrogens with zero attached hydrogens (tertiary/aromatic N) is 6. The van der Waals surface area contributed by atoms with Crippen LogP contribution in [0.1, 0.15) is 27.9 Å². The van der Waals surface area contributed by atoms with Gasteiger partial charge in [-0.1, -0.05) is 11.3 Å². The molecule has 0 saturated heterocycles. The molecule has 0 bridgehead atoms. The number of halogens is 1. The number of amides is 1. The van der Waals surface area contributed by atoms with Crippen molar-refractivity contribution in [2.24, 2.45) is 0 Å². The highest BCUT2D eigenvalue weighted by Gasteiger charge is 2.22. The van der Waals surface area contributed by atoms with Crippen LogP contribution in [0.2, 0.25) is 4.47 Å². The van der Waals surface area contributed by atoms with E-state index in [0.29, 0.717) is 6.54 Å². The Balaban J connectivity index is 1.74. The van der Waals surface area contributed by atoms with Gasteiger partial charge < -0.3 is 9.47 Å². The summed E-state index contributed by atoms with van der Waals surface area (Å²) in [5.41, 5.74) is 0. The molecule has 9 heteroatoms. The molecule has 3 heterocycles. The van der Waals surface area contributed by atoms with Gasteiger partial charge in [0.15, 0.2) is 5.82 Å². The van der Waals surface area contributed by atoms with Crippen LogP contribution in [0.15, 0.2) is 0 Å². The Hall–Kier alpha value is -1.54. The van der Waals surface area contributed by atoms with Gasteiger partial charge in [-0.15, -0.1) is 20.4 Å². The maximum absolute atomic E-state index is 12.1. The van der Waals surface area contributed by atoms with Crippen LogP contribution < -0.4 is 0 Å². The maximum Gasteiger partial charge on any atom is 0.285 e. The lowest BCUT2D eigenvalue weighted by Gasteiger charge is -2.14. The molecule has 1 aliphatic heterocycles. The monoisotopic (exact) mass is 298 g/mol. The van der Waals surface area contributed by atoms with Crippen LogP contribution in [0.3, 0.4) is 0 Å². The zero-order valence-electron chi connectivity index (χ0n) is 10.2. The van der Waals surface area contributed by atoms with E-state index in [1.54, 1.807) is 11.9 Å². The van der Waals surface area contributed by atoms with Crippen molar-refractivity contribution in [1.29, 1.82) is 0 Å². The smallest absolute Gasteiger partial charge is 0.285 e. The fraction of sp³-hybridized carbons (Fsp3) is 0.500. The highest BCUT2D eigenvalue weighted by molar-refractivity contribution is 7.17. The third kappa shape index (κ3) is 2.33. The number of hydrogen-bond acceptors (Lipinski definition) is 6. The SMILES string of the molecule is CN(Cc1nnc2n1CCC2)C(=O)c1nnc(Cl)s1. The van der Waals surface area contributed by atoms with Crippen LogP contribution in [0.5, 0.6) is 0 Å². The molecule has 0 saturated carbocycles. The Morgan fingerprint density at radius 2 is 2.26 bits per heavy atom. The largest absolute Gasteiger partial charge is 0.332 e. The molecule has 0 spiro atoms. The Labute approximate surface area is 118 Å². The first-order valence-corrected chi connectivity index (χ1v) is 7.00. The number of carbonyl (C=O) groups is 1. The molecule has 0 aromatic carbocycles. The van der Waals surface area contributed by atoms with E-state index in [2.05, 4.69) is 25.0 Å². The number of aryl methyl sites for hydroxylation is 1. The molecule has 3 rings (SSSR count). The van der Waals surface area contributed by atoms with E-state index in [4.69, 9.17) is 11.6 Å². The second-order valence-electron chi connectivity index (χ2n) is 4.31. The van der Waals surface area contributed by atoms with E-state index < -0.39 is 0 Å². The summed E-state index contributed by atoms with van der Waals surface area (Å²) in [6.45, 7) is 1.33.